The topological polar surface area (TPSA) is 58.2 Å². The summed E-state index contributed by atoms with van der Waals surface area (Å²) in [6.45, 7) is 21.5. The van der Waals surface area contributed by atoms with Crippen LogP contribution in [0.15, 0.2) is 0 Å². The molecule has 2 fully saturated rings. The van der Waals surface area contributed by atoms with Gasteiger partial charge in [-0.1, -0.05) is 0 Å². The molecule has 2 aliphatic rings. The Hall–Kier alpha value is 0.154. The first-order valence-corrected chi connectivity index (χ1v) is 16.9. The Labute approximate surface area is 181 Å². The molecule has 0 aliphatic carbocycles. The predicted octanol–water partition coefficient (Wildman–Crippen LogP) is 1.81. The monoisotopic (exact) mass is 446 g/mol. The second-order valence-corrected chi connectivity index (χ2v) is 15.6. The van der Waals surface area contributed by atoms with Crippen LogP contribution in [-0.2, 0) is 13.0 Å². The summed E-state index contributed by atoms with van der Waals surface area (Å²) in [7, 11) is -4.45. The number of hydrogen-bond donors (Lipinski definition) is 2. The summed E-state index contributed by atoms with van der Waals surface area (Å²) >= 11 is 0. The molecule has 7 nitrogen and oxygen atoms in total. The molecule has 2 saturated heterocycles. The molecule has 2 rings (SSSR count). The highest BCUT2D eigenvalue weighted by Gasteiger charge is 2.42. The van der Waals surface area contributed by atoms with Crippen molar-refractivity contribution in [2.45, 2.75) is 51.9 Å². The van der Waals surface area contributed by atoms with Crippen molar-refractivity contribution in [2.75, 3.05) is 78.7 Å². The van der Waals surface area contributed by atoms with Crippen LogP contribution < -0.4 is 10.6 Å². The average molecular weight is 447 g/mol. The molecule has 172 valence electrons. The van der Waals surface area contributed by atoms with Crippen LogP contribution in [0.2, 0.25) is 25.2 Å². The molecule has 0 aromatic carbocycles. The summed E-state index contributed by atoms with van der Waals surface area (Å²) in [5.41, 5.74) is 0. The summed E-state index contributed by atoms with van der Waals surface area (Å²) in [6.07, 6.45) is 2.31. The van der Waals surface area contributed by atoms with E-state index in [-0.39, 0.29) is 0 Å². The molecule has 0 aromatic rings. The van der Waals surface area contributed by atoms with Crippen LogP contribution in [0.25, 0.3) is 0 Å². The smallest absolute Gasteiger partial charge is 0.326 e. The zero-order valence-electron chi connectivity index (χ0n) is 19.4. The van der Waals surface area contributed by atoms with Crippen molar-refractivity contribution >= 4 is 17.1 Å². The van der Waals surface area contributed by atoms with E-state index in [0.717, 1.165) is 104 Å². The Kier molecular flexibility index (Phi) is 11.9. The average Bonchev–Trinajstić information content (AvgIpc) is 2.70. The van der Waals surface area contributed by atoms with Gasteiger partial charge in [0, 0.05) is 65.6 Å². The molecule has 2 unspecified atom stereocenters. The lowest BCUT2D eigenvalue weighted by Gasteiger charge is -2.38. The van der Waals surface area contributed by atoms with Crippen molar-refractivity contribution in [1.82, 2.24) is 20.4 Å². The maximum absolute atomic E-state index is 6.86. The van der Waals surface area contributed by atoms with Gasteiger partial charge in [0.25, 0.3) is 0 Å². The van der Waals surface area contributed by atoms with Crippen LogP contribution in [0, 0.1) is 0 Å². The van der Waals surface area contributed by atoms with Crippen molar-refractivity contribution in [3.05, 3.63) is 0 Å². The van der Waals surface area contributed by atoms with Gasteiger partial charge < -0.3 is 33.4 Å². The number of rotatable bonds is 14. The molecule has 9 heteroatoms. The van der Waals surface area contributed by atoms with E-state index in [4.69, 9.17) is 13.0 Å². The SMILES string of the molecule is CCO[Si](C)(CCCN1CCNCC1)O[Si](C)(CCCN1CCNCC1)OCC. The van der Waals surface area contributed by atoms with Crippen LogP contribution in [0.1, 0.15) is 26.7 Å². The quantitative estimate of drug-likeness (QED) is 0.395. The van der Waals surface area contributed by atoms with Crippen LogP contribution in [0.5, 0.6) is 0 Å². The van der Waals surface area contributed by atoms with Gasteiger partial charge in [-0.3, -0.25) is 0 Å². The van der Waals surface area contributed by atoms with Crippen molar-refractivity contribution in [3.63, 3.8) is 0 Å². The minimum absolute atomic E-state index is 0.730. The Balaban J connectivity index is 1.83. The van der Waals surface area contributed by atoms with Crippen molar-refractivity contribution in [1.29, 1.82) is 0 Å². The molecule has 2 aliphatic heterocycles. The molecule has 0 saturated carbocycles. The third kappa shape index (κ3) is 9.88. The van der Waals surface area contributed by atoms with E-state index < -0.39 is 17.1 Å². The fourth-order valence-corrected chi connectivity index (χ4v) is 12.5. The molecule has 0 amide bonds. The van der Waals surface area contributed by atoms with Gasteiger partial charge >= 0.3 is 17.1 Å². The van der Waals surface area contributed by atoms with E-state index in [1.54, 1.807) is 0 Å². The van der Waals surface area contributed by atoms with E-state index >= 15 is 0 Å². The van der Waals surface area contributed by atoms with E-state index in [2.05, 4.69) is 47.4 Å². The molecule has 2 atom stereocenters. The van der Waals surface area contributed by atoms with Crippen LogP contribution in [0.3, 0.4) is 0 Å². The lowest BCUT2D eigenvalue weighted by atomic mass is 10.3. The maximum atomic E-state index is 6.86. The second-order valence-electron chi connectivity index (χ2n) is 8.63. The first-order chi connectivity index (χ1) is 14.0. The second kappa shape index (κ2) is 13.5. The van der Waals surface area contributed by atoms with Crippen molar-refractivity contribution < 1.29 is 13.0 Å². The Bertz CT molecular complexity index is 402. The Morgan fingerprint density at radius 2 is 1.07 bits per heavy atom. The molecule has 2 N–H and O–H groups in total. The Morgan fingerprint density at radius 3 is 1.41 bits per heavy atom. The number of hydrogen-bond acceptors (Lipinski definition) is 7. The standard InChI is InChI=1S/C20H46N4O3Si2/c1-5-25-28(3,19-7-13-23-15-9-21-10-16-23)27-29(4,26-6-2)20-8-14-24-17-11-22-12-18-24/h21-22H,5-20H2,1-4H3. The largest absolute Gasteiger partial charge is 0.415 e. The third-order valence-electron chi connectivity index (χ3n) is 5.96. The van der Waals surface area contributed by atoms with E-state index in [1.165, 1.54) is 0 Å². The van der Waals surface area contributed by atoms with Gasteiger partial charge in [-0.15, -0.1) is 0 Å². The summed E-state index contributed by atoms with van der Waals surface area (Å²) in [6, 6.07) is 2.11. The lowest BCUT2D eigenvalue weighted by Crippen LogP contribution is -2.53. The number of piperazine rings is 2. The summed E-state index contributed by atoms with van der Waals surface area (Å²) < 4.78 is 19.4. The summed E-state index contributed by atoms with van der Waals surface area (Å²) in [5, 5.41) is 6.86. The highest BCUT2D eigenvalue weighted by Crippen LogP contribution is 2.26. The number of nitrogens with zero attached hydrogens (tertiary/aromatic N) is 2. The normalized spacial score (nSPS) is 23.6. The van der Waals surface area contributed by atoms with Gasteiger partial charge in [0.2, 0.25) is 0 Å². The van der Waals surface area contributed by atoms with Crippen LogP contribution in [0.4, 0.5) is 0 Å². The molecule has 0 bridgehead atoms. The van der Waals surface area contributed by atoms with Crippen LogP contribution in [-0.4, -0.2) is 106 Å². The van der Waals surface area contributed by atoms with E-state index in [0.29, 0.717) is 0 Å². The minimum atomic E-state index is -2.23. The molecule has 0 radical (unpaired) electrons. The van der Waals surface area contributed by atoms with Crippen molar-refractivity contribution in [2.24, 2.45) is 0 Å². The molecule has 29 heavy (non-hydrogen) atoms. The lowest BCUT2D eigenvalue weighted by molar-refractivity contribution is 0.191. The third-order valence-corrected chi connectivity index (χ3v) is 13.7. The van der Waals surface area contributed by atoms with Gasteiger partial charge in [-0.25, -0.2) is 0 Å². The zero-order chi connectivity index (χ0) is 21.0. The predicted molar refractivity (Wildman–Crippen MR) is 125 cm³/mol. The molecule has 2 heterocycles. The first kappa shape index (κ1) is 25.4. The van der Waals surface area contributed by atoms with Gasteiger partial charge in [-0.2, -0.15) is 0 Å². The first-order valence-electron chi connectivity index (χ1n) is 11.8. The highest BCUT2D eigenvalue weighted by atomic mass is 28.5. The zero-order valence-corrected chi connectivity index (χ0v) is 21.4. The minimum Gasteiger partial charge on any atom is -0.415 e. The fraction of sp³-hybridized carbons (Fsp3) is 1.00. The molecular weight excluding hydrogens is 400 g/mol. The van der Waals surface area contributed by atoms with Gasteiger partial charge in [0.15, 0.2) is 0 Å². The molecular formula is C20H46N4O3Si2. The Morgan fingerprint density at radius 1 is 0.690 bits per heavy atom. The van der Waals surface area contributed by atoms with Crippen LogP contribution >= 0.6 is 0 Å². The summed E-state index contributed by atoms with van der Waals surface area (Å²) in [5.74, 6) is 0. The maximum Gasteiger partial charge on any atom is 0.326 e. The highest BCUT2D eigenvalue weighted by molar-refractivity contribution is 6.80. The summed E-state index contributed by atoms with van der Waals surface area (Å²) in [4.78, 5) is 5.12. The van der Waals surface area contributed by atoms with Gasteiger partial charge in [0.1, 0.15) is 0 Å². The van der Waals surface area contributed by atoms with E-state index in [9.17, 15) is 0 Å². The number of nitrogens with one attached hydrogen (secondary N) is 2. The molecule has 0 aromatic heterocycles. The van der Waals surface area contributed by atoms with Gasteiger partial charge in [-0.05, 0) is 65.0 Å². The fourth-order valence-electron chi connectivity index (χ4n) is 4.49. The van der Waals surface area contributed by atoms with Crippen molar-refractivity contribution in [3.8, 4) is 0 Å². The molecule has 0 spiro atoms. The van der Waals surface area contributed by atoms with E-state index in [1.807, 2.05) is 0 Å². The van der Waals surface area contributed by atoms with Gasteiger partial charge in [0.05, 0.1) is 0 Å².